The molecule has 0 aromatic rings. The van der Waals surface area contributed by atoms with Gasteiger partial charge in [-0.2, -0.15) is 0 Å². The van der Waals surface area contributed by atoms with E-state index in [0.717, 1.165) is 32.4 Å². The summed E-state index contributed by atoms with van der Waals surface area (Å²) in [6, 6.07) is -0.00525. The SMILES string of the molecule is CNC1CCN(CC2(CO)CCCCC2)C1=O. The second-order valence-corrected chi connectivity index (χ2v) is 5.61. The first kappa shape index (κ1) is 12.8. The zero-order chi connectivity index (χ0) is 12.3. The molecular weight excluding hydrogens is 216 g/mol. The third-order valence-corrected chi connectivity index (χ3v) is 4.42. The predicted molar refractivity (Wildman–Crippen MR) is 66.6 cm³/mol. The van der Waals surface area contributed by atoms with E-state index < -0.39 is 0 Å². The summed E-state index contributed by atoms with van der Waals surface area (Å²) in [6.45, 7) is 1.81. The van der Waals surface area contributed by atoms with Crippen molar-refractivity contribution in [3.05, 3.63) is 0 Å². The number of hydrogen-bond acceptors (Lipinski definition) is 3. The molecule has 0 aromatic heterocycles. The molecule has 1 aliphatic carbocycles. The molecule has 2 N–H and O–H groups in total. The van der Waals surface area contributed by atoms with E-state index in [1.165, 1.54) is 19.3 Å². The van der Waals surface area contributed by atoms with E-state index in [1.807, 2.05) is 11.9 Å². The molecule has 1 unspecified atom stereocenters. The fourth-order valence-electron chi connectivity index (χ4n) is 3.24. The third-order valence-electron chi connectivity index (χ3n) is 4.42. The predicted octanol–water partition coefficient (Wildman–Crippen LogP) is 0.749. The number of nitrogens with one attached hydrogen (secondary N) is 1. The highest BCUT2D eigenvalue weighted by Gasteiger charge is 2.38. The molecule has 1 heterocycles. The molecule has 2 aliphatic rings. The van der Waals surface area contributed by atoms with Gasteiger partial charge in [-0.25, -0.2) is 0 Å². The molecule has 2 rings (SSSR count). The first-order valence-corrected chi connectivity index (χ1v) is 6.78. The largest absolute Gasteiger partial charge is 0.396 e. The summed E-state index contributed by atoms with van der Waals surface area (Å²) in [5.74, 6) is 0.214. The first-order chi connectivity index (χ1) is 8.21. The van der Waals surface area contributed by atoms with Crippen molar-refractivity contribution in [3.63, 3.8) is 0 Å². The van der Waals surface area contributed by atoms with E-state index in [0.29, 0.717) is 0 Å². The fourth-order valence-corrected chi connectivity index (χ4v) is 3.24. The van der Waals surface area contributed by atoms with E-state index in [9.17, 15) is 9.90 Å². The lowest BCUT2D eigenvalue weighted by Crippen LogP contribution is -2.44. The van der Waals surface area contributed by atoms with Crippen molar-refractivity contribution in [1.29, 1.82) is 0 Å². The van der Waals surface area contributed by atoms with Gasteiger partial charge in [0.2, 0.25) is 5.91 Å². The number of carbonyl (C=O) groups is 1. The summed E-state index contributed by atoms with van der Waals surface area (Å²) >= 11 is 0. The highest BCUT2D eigenvalue weighted by atomic mass is 16.3. The van der Waals surface area contributed by atoms with Crippen LogP contribution in [0.15, 0.2) is 0 Å². The Kier molecular flexibility index (Phi) is 4.05. The van der Waals surface area contributed by atoms with Crippen molar-refractivity contribution in [2.75, 3.05) is 26.7 Å². The molecule has 1 amide bonds. The Bertz CT molecular complexity index is 275. The van der Waals surface area contributed by atoms with E-state index in [4.69, 9.17) is 0 Å². The Hall–Kier alpha value is -0.610. The lowest BCUT2D eigenvalue weighted by molar-refractivity contribution is -0.131. The summed E-state index contributed by atoms with van der Waals surface area (Å²) in [5.41, 5.74) is -0.0173. The second-order valence-electron chi connectivity index (χ2n) is 5.61. The van der Waals surface area contributed by atoms with E-state index in [1.54, 1.807) is 0 Å². The third kappa shape index (κ3) is 2.63. The van der Waals surface area contributed by atoms with Gasteiger partial charge >= 0.3 is 0 Å². The fraction of sp³-hybridized carbons (Fsp3) is 0.923. The number of carbonyl (C=O) groups excluding carboxylic acids is 1. The maximum absolute atomic E-state index is 12.1. The molecule has 4 nitrogen and oxygen atoms in total. The Labute approximate surface area is 103 Å². The van der Waals surface area contributed by atoms with Crippen LogP contribution in [0.1, 0.15) is 38.5 Å². The van der Waals surface area contributed by atoms with Gasteiger partial charge in [-0.15, -0.1) is 0 Å². The van der Waals surface area contributed by atoms with Crippen LogP contribution in [-0.4, -0.2) is 48.7 Å². The number of nitrogens with zero attached hydrogens (tertiary/aromatic N) is 1. The molecule has 4 heteroatoms. The Balaban J connectivity index is 1.97. The number of aliphatic hydroxyl groups is 1. The monoisotopic (exact) mass is 240 g/mol. The number of aliphatic hydroxyl groups excluding tert-OH is 1. The van der Waals surface area contributed by atoms with Crippen LogP contribution in [-0.2, 0) is 4.79 Å². The molecule has 0 aromatic carbocycles. The van der Waals surface area contributed by atoms with Crippen molar-refractivity contribution in [2.24, 2.45) is 5.41 Å². The molecule has 2 fully saturated rings. The maximum Gasteiger partial charge on any atom is 0.239 e. The molecule has 1 saturated carbocycles. The molecular formula is C13H24N2O2. The van der Waals surface area contributed by atoms with Crippen molar-refractivity contribution in [2.45, 2.75) is 44.6 Å². The first-order valence-electron chi connectivity index (χ1n) is 6.78. The minimum absolute atomic E-state index is 0.00525. The van der Waals surface area contributed by atoms with Gasteiger partial charge in [-0.05, 0) is 26.3 Å². The lowest BCUT2D eigenvalue weighted by Gasteiger charge is -2.38. The van der Waals surface area contributed by atoms with Gasteiger partial charge in [-0.3, -0.25) is 4.79 Å². The van der Waals surface area contributed by atoms with Crippen molar-refractivity contribution >= 4 is 5.91 Å². The van der Waals surface area contributed by atoms with Crippen LogP contribution in [0.3, 0.4) is 0 Å². The van der Waals surface area contributed by atoms with Crippen LogP contribution < -0.4 is 5.32 Å². The molecule has 0 bridgehead atoms. The molecule has 0 radical (unpaired) electrons. The normalized spacial score (nSPS) is 28.7. The van der Waals surface area contributed by atoms with Gasteiger partial charge in [0, 0.05) is 18.5 Å². The zero-order valence-corrected chi connectivity index (χ0v) is 10.7. The van der Waals surface area contributed by atoms with Gasteiger partial charge in [-0.1, -0.05) is 19.3 Å². The molecule has 1 aliphatic heterocycles. The summed E-state index contributed by atoms with van der Waals surface area (Å²) < 4.78 is 0. The number of likely N-dealkylation sites (tertiary alicyclic amines) is 1. The highest BCUT2D eigenvalue weighted by Crippen LogP contribution is 2.37. The summed E-state index contributed by atoms with van der Waals surface area (Å²) in [6.07, 6.45) is 6.69. The van der Waals surface area contributed by atoms with Crippen LogP contribution in [0.5, 0.6) is 0 Å². The van der Waals surface area contributed by atoms with Crippen LogP contribution >= 0.6 is 0 Å². The molecule has 98 valence electrons. The second kappa shape index (κ2) is 5.36. The van der Waals surface area contributed by atoms with Crippen molar-refractivity contribution in [3.8, 4) is 0 Å². The Morgan fingerprint density at radius 3 is 2.65 bits per heavy atom. The highest BCUT2D eigenvalue weighted by molar-refractivity contribution is 5.83. The molecule has 1 saturated heterocycles. The standard InChI is InChI=1S/C13H24N2O2/c1-14-11-5-8-15(12(11)17)9-13(10-16)6-3-2-4-7-13/h11,14,16H,2-10H2,1H3. The number of likely N-dealkylation sites (N-methyl/N-ethyl adjacent to an activating group) is 1. The number of amides is 1. The topological polar surface area (TPSA) is 52.6 Å². The van der Waals surface area contributed by atoms with Crippen LogP contribution in [0.2, 0.25) is 0 Å². The summed E-state index contributed by atoms with van der Waals surface area (Å²) in [4.78, 5) is 14.0. The summed E-state index contributed by atoms with van der Waals surface area (Å²) in [5, 5.41) is 12.7. The van der Waals surface area contributed by atoms with Gasteiger partial charge < -0.3 is 15.3 Å². The molecule has 1 atom stereocenters. The van der Waals surface area contributed by atoms with Crippen molar-refractivity contribution in [1.82, 2.24) is 10.2 Å². The average molecular weight is 240 g/mol. The molecule has 17 heavy (non-hydrogen) atoms. The average Bonchev–Trinajstić information content (AvgIpc) is 2.71. The Morgan fingerprint density at radius 2 is 2.12 bits per heavy atom. The summed E-state index contributed by atoms with van der Waals surface area (Å²) in [7, 11) is 1.84. The zero-order valence-electron chi connectivity index (χ0n) is 10.7. The lowest BCUT2D eigenvalue weighted by atomic mass is 9.74. The molecule has 0 spiro atoms. The van der Waals surface area contributed by atoms with Gasteiger partial charge in [0.15, 0.2) is 0 Å². The number of hydrogen-bond donors (Lipinski definition) is 2. The van der Waals surface area contributed by atoms with E-state index >= 15 is 0 Å². The van der Waals surface area contributed by atoms with Crippen molar-refractivity contribution < 1.29 is 9.90 Å². The van der Waals surface area contributed by atoms with Crippen LogP contribution in [0.25, 0.3) is 0 Å². The van der Waals surface area contributed by atoms with E-state index in [-0.39, 0.29) is 24.0 Å². The van der Waals surface area contributed by atoms with Gasteiger partial charge in [0.05, 0.1) is 12.6 Å². The maximum atomic E-state index is 12.1. The van der Waals surface area contributed by atoms with Gasteiger partial charge in [0.1, 0.15) is 0 Å². The smallest absolute Gasteiger partial charge is 0.239 e. The quantitative estimate of drug-likeness (QED) is 0.762. The van der Waals surface area contributed by atoms with Crippen LogP contribution in [0.4, 0.5) is 0 Å². The van der Waals surface area contributed by atoms with Gasteiger partial charge in [0.25, 0.3) is 0 Å². The number of rotatable bonds is 4. The van der Waals surface area contributed by atoms with E-state index in [2.05, 4.69) is 5.32 Å². The minimum atomic E-state index is -0.0173. The minimum Gasteiger partial charge on any atom is -0.396 e. The Morgan fingerprint density at radius 1 is 1.41 bits per heavy atom. The van der Waals surface area contributed by atoms with Crippen LogP contribution in [0, 0.1) is 5.41 Å².